The van der Waals surface area contributed by atoms with Crippen molar-refractivity contribution in [3.63, 3.8) is 0 Å². The summed E-state index contributed by atoms with van der Waals surface area (Å²) in [5.74, 6) is 1.19. The van der Waals surface area contributed by atoms with Crippen LogP contribution in [0.4, 0.5) is 0 Å². The van der Waals surface area contributed by atoms with Crippen molar-refractivity contribution in [3.8, 4) is 45.1 Å². The van der Waals surface area contributed by atoms with Gasteiger partial charge in [-0.1, -0.05) is 20.8 Å². The second-order valence-corrected chi connectivity index (χ2v) is 17.8. The Morgan fingerprint density at radius 1 is 0.756 bits per heavy atom. The Balaban J connectivity index is 0.00000400. The first kappa shape index (κ1) is 33.2. The van der Waals surface area contributed by atoms with Gasteiger partial charge in [0.15, 0.2) is 0 Å². The molecule has 1 aliphatic heterocycles. The molecule has 0 saturated heterocycles. The van der Waals surface area contributed by atoms with Gasteiger partial charge in [0.05, 0.1) is 0 Å². The largest absolute Gasteiger partial charge is 2.00 e. The van der Waals surface area contributed by atoms with Gasteiger partial charge in [-0.3, -0.25) is 0 Å². The molecular weight excluding hydrogens is 796 g/mol. The predicted octanol–water partition coefficient (Wildman–Crippen LogP) is 8.22. The first-order valence-corrected chi connectivity index (χ1v) is 18.1. The normalized spacial score (nSPS) is 12.4. The van der Waals surface area contributed by atoms with Crippen molar-refractivity contribution in [2.45, 2.75) is 67.2 Å². The second-order valence-electron chi connectivity index (χ2n) is 14.2. The summed E-state index contributed by atoms with van der Waals surface area (Å²) in [5.41, 5.74) is 10.1. The van der Waals surface area contributed by atoms with Crippen LogP contribution in [0.1, 0.15) is 63.8 Å². The first-order chi connectivity index (χ1) is 20.7. The van der Waals surface area contributed by atoms with E-state index in [0.29, 0.717) is 11.5 Å². The summed E-state index contributed by atoms with van der Waals surface area (Å²) in [6.07, 6.45) is 4.57. The maximum absolute atomic E-state index is 13.8. The molecule has 4 nitrogen and oxygen atoms in total. The number of aryl methyl sites for hydroxylation is 2. The third-order valence-electron chi connectivity index (χ3n) is 7.88. The fourth-order valence-corrected chi connectivity index (χ4v) is 9.60. The monoisotopic (exact) mass is 835 g/mol. The van der Waals surface area contributed by atoms with Gasteiger partial charge < -0.3 is 0 Å². The summed E-state index contributed by atoms with van der Waals surface area (Å²) in [4.78, 5) is 9.44. The van der Waals surface area contributed by atoms with Gasteiger partial charge in [0.25, 0.3) is 0 Å². The average molecular weight is 834 g/mol. The van der Waals surface area contributed by atoms with Crippen LogP contribution in [-0.2, 0) is 36.7 Å². The third kappa shape index (κ3) is 7.13. The number of hydrogen-bond acceptors (Lipinski definition) is 4. The predicted molar refractivity (Wildman–Crippen MR) is 180 cm³/mol. The second kappa shape index (κ2) is 12.5. The zero-order chi connectivity index (χ0) is 31.4. The van der Waals surface area contributed by atoms with Gasteiger partial charge in [0.1, 0.15) is 0 Å². The minimum Gasteiger partial charge on any atom is 2.00 e. The molecule has 0 spiro atoms. The van der Waals surface area contributed by atoms with E-state index >= 15 is 0 Å². The van der Waals surface area contributed by atoms with Crippen LogP contribution in [0, 0.1) is 31.4 Å². The van der Waals surface area contributed by atoms with E-state index in [0.717, 1.165) is 60.0 Å². The van der Waals surface area contributed by atoms with E-state index in [1.165, 1.54) is 11.1 Å². The number of nitrogens with zero attached hydrogens (tertiary/aromatic N) is 2. The molecule has 45 heavy (non-hydrogen) atoms. The quantitative estimate of drug-likeness (QED) is 0.130. The van der Waals surface area contributed by atoms with Crippen molar-refractivity contribution >= 4 is 23.1 Å². The van der Waals surface area contributed by atoms with Crippen LogP contribution in [0.15, 0.2) is 73.1 Å². The summed E-state index contributed by atoms with van der Waals surface area (Å²) < 4.78 is 22.1. The number of rotatable bonds is 5. The molecule has 2 aromatic heterocycles. The molecule has 3 aromatic carbocycles. The van der Waals surface area contributed by atoms with E-state index in [1.807, 2.05) is 31.3 Å². The van der Waals surface area contributed by atoms with Gasteiger partial charge in [0, 0.05) is 6.20 Å². The first-order valence-electron chi connectivity index (χ1n) is 15.2. The van der Waals surface area contributed by atoms with E-state index < -0.39 is 14.3 Å². The standard InChI is InChI=1S/C39H38GeN2O2.Pt/c1-24-15-27(35-22-29(11-13-41-35)39(6,7)8)20-30(17-24)44-31-18-25(2)16-28(21-31)37-36-32-10-9-26(23-38(3,4)5)19-34(32)40(43)33(36)12-14-42-37;/h9-19,22H,23H2,1-8H3;/q-2;+2. The number of pyridine rings is 2. The number of aromatic nitrogens is 2. The fourth-order valence-electron chi connectivity index (χ4n) is 5.89. The van der Waals surface area contributed by atoms with Crippen molar-refractivity contribution in [1.82, 2.24) is 9.97 Å². The Labute approximate surface area is 286 Å². The molecular formula is C39H38GeN2O2Pt. The Morgan fingerprint density at radius 3 is 2.07 bits per heavy atom. The summed E-state index contributed by atoms with van der Waals surface area (Å²) in [6.45, 7) is 17.4. The van der Waals surface area contributed by atoms with Crippen LogP contribution in [-0.4, -0.2) is 24.3 Å². The third-order valence-corrected chi connectivity index (χ3v) is 11.7. The van der Waals surface area contributed by atoms with E-state index in [1.54, 1.807) is 6.20 Å². The van der Waals surface area contributed by atoms with Crippen LogP contribution in [0.25, 0.3) is 33.6 Å². The van der Waals surface area contributed by atoms with Gasteiger partial charge in [-0.05, 0) is 17.0 Å². The molecule has 0 fully saturated rings. The van der Waals surface area contributed by atoms with Crippen molar-refractivity contribution in [3.05, 3.63) is 107 Å². The van der Waals surface area contributed by atoms with Crippen LogP contribution in [0.2, 0.25) is 0 Å². The maximum atomic E-state index is 13.8. The fraction of sp³-hybridized carbons (Fsp3) is 0.282. The molecule has 1 aliphatic rings. The van der Waals surface area contributed by atoms with E-state index in [4.69, 9.17) is 9.72 Å². The molecule has 0 aliphatic carbocycles. The van der Waals surface area contributed by atoms with Gasteiger partial charge >= 0.3 is 244 Å². The van der Waals surface area contributed by atoms with Crippen molar-refractivity contribution in [2.75, 3.05) is 0 Å². The Morgan fingerprint density at radius 2 is 1.40 bits per heavy atom. The topological polar surface area (TPSA) is 52.1 Å². The molecule has 0 radical (unpaired) electrons. The minimum atomic E-state index is -2.90. The molecule has 3 heterocycles. The SMILES string of the molecule is Cc1cc(Oc2[c-]c(-c3ncc[c]4c3-c3ccc(CC(C)(C)C)c[c]3[Ge]4=[O])cc(C)c2)[c-]c(-c2cc(C(C)(C)C)ccn2)c1.[Pt+2]. The molecule has 0 amide bonds. The maximum Gasteiger partial charge on any atom is 2.00 e. The van der Waals surface area contributed by atoms with Crippen molar-refractivity contribution in [1.29, 1.82) is 0 Å². The smallest absolute Gasteiger partial charge is 2.00 e. The van der Waals surface area contributed by atoms with Crippen LogP contribution in [0.3, 0.4) is 0 Å². The number of hydrogen-bond donors (Lipinski definition) is 0. The van der Waals surface area contributed by atoms with Crippen molar-refractivity contribution in [2.24, 2.45) is 5.41 Å². The van der Waals surface area contributed by atoms with Gasteiger partial charge in [-0.25, -0.2) is 0 Å². The summed E-state index contributed by atoms with van der Waals surface area (Å²) >= 11 is -2.90. The number of ether oxygens (including phenoxy) is 1. The van der Waals surface area contributed by atoms with Crippen LogP contribution in [0.5, 0.6) is 11.5 Å². The molecule has 6 rings (SSSR count). The summed E-state index contributed by atoms with van der Waals surface area (Å²) in [5, 5.41) is 0. The molecule has 0 N–H and O–H groups in total. The van der Waals surface area contributed by atoms with E-state index in [9.17, 15) is 3.78 Å². The zero-order valence-corrected chi connectivity index (χ0v) is 31.5. The molecule has 0 unspecified atom stereocenters. The van der Waals surface area contributed by atoms with Gasteiger partial charge in [0.2, 0.25) is 0 Å². The van der Waals surface area contributed by atoms with Crippen molar-refractivity contribution < 1.29 is 29.6 Å². The van der Waals surface area contributed by atoms with E-state index in [-0.39, 0.29) is 31.9 Å². The number of benzene rings is 3. The summed E-state index contributed by atoms with van der Waals surface area (Å²) in [6, 6.07) is 27.6. The Kier molecular flexibility index (Phi) is 9.24. The molecule has 6 heteroatoms. The van der Waals surface area contributed by atoms with Crippen LogP contribution >= 0.6 is 0 Å². The molecule has 0 atom stereocenters. The van der Waals surface area contributed by atoms with Crippen LogP contribution < -0.4 is 13.5 Å². The Hall–Kier alpha value is -3.21. The molecule has 5 aromatic rings. The Bertz CT molecular complexity index is 1940. The van der Waals surface area contributed by atoms with E-state index in [2.05, 4.69) is 108 Å². The minimum absolute atomic E-state index is 0. The van der Waals surface area contributed by atoms with Gasteiger partial charge in [-0.15, -0.1) is 0 Å². The molecule has 230 valence electrons. The molecule has 0 saturated carbocycles. The summed E-state index contributed by atoms with van der Waals surface area (Å²) in [7, 11) is 0. The zero-order valence-electron chi connectivity index (χ0n) is 27.2. The molecule has 0 bridgehead atoms. The van der Waals surface area contributed by atoms with Gasteiger partial charge in [-0.2, -0.15) is 0 Å². The average Bonchev–Trinajstić information content (AvgIpc) is 3.22. The number of fused-ring (bicyclic) bond motifs is 3.